The third-order valence-corrected chi connectivity index (χ3v) is 1.71. The molecule has 0 fully saturated rings. The van der Waals surface area contributed by atoms with Crippen molar-refractivity contribution in [2.45, 2.75) is 6.18 Å². The van der Waals surface area contributed by atoms with E-state index in [0.29, 0.717) is 0 Å². The molecule has 0 bridgehead atoms. The van der Waals surface area contributed by atoms with Crippen LogP contribution in [0.4, 0.5) is 24.7 Å². The van der Waals surface area contributed by atoms with Gasteiger partial charge in [0.2, 0.25) is 11.7 Å². The molecular weight excluding hydrogens is 243 g/mol. The predicted molar refractivity (Wildman–Crippen MR) is 52.0 cm³/mol. The number of halogens is 3. The molecule has 0 aliphatic rings. The summed E-state index contributed by atoms with van der Waals surface area (Å²) >= 11 is 0. The molecule has 0 saturated heterocycles. The number of pyridine rings is 1. The summed E-state index contributed by atoms with van der Waals surface area (Å²) in [6.07, 6.45) is -4.49. The largest absolute Gasteiger partial charge is 0.481 e. The maximum atomic E-state index is 12.0. The van der Waals surface area contributed by atoms with Crippen LogP contribution >= 0.6 is 0 Å². The molecule has 0 amide bonds. The van der Waals surface area contributed by atoms with Crippen LogP contribution in [0.15, 0.2) is 12.1 Å². The third kappa shape index (κ3) is 3.78. The fraction of sp³-hybridized carbons (Fsp3) is 0.375. The van der Waals surface area contributed by atoms with Crippen LogP contribution in [0.2, 0.25) is 0 Å². The van der Waals surface area contributed by atoms with Gasteiger partial charge in [-0.05, 0) is 0 Å². The number of aromatic nitrogens is 1. The Morgan fingerprint density at radius 3 is 2.65 bits per heavy atom. The first-order valence-electron chi connectivity index (χ1n) is 4.33. The number of alkyl halides is 3. The van der Waals surface area contributed by atoms with Crippen molar-refractivity contribution in [2.75, 3.05) is 19.0 Å². The van der Waals surface area contributed by atoms with Crippen molar-refractivity contribution < 1.29 is 22.8 Å². The maximum Gasteiger partial charge on any atom is 0.405 e. The van der Waals surface area contributed by atoms with Crippen LogP contribution in [0.25, 0.3) is 0 Å². The van der Waals surface area contributed by atoms with Gasteiger partial charge in [0.15, 0.2) is 0 Å². The minimum Gasteiger partial charge on any atom is -0.481 e. The van der Waals surface area contributed by atoms with Crippen molar-refractivity contribution in [1.82, 2.24) is 4.98 Å². The van der Waals surface area contributed by atoms with Crippen molar-refractivity contribution in [3.63, 3.8) is 0 Å². The highest BCUT2D eigenvalue weighted by molar-refractivity contribution is 5.57. The zero-order chi connectivity index (χ0) is 13.1. The zero-order valence-electron chi connectivity index (χ0n) is 8.61. The molecule has 0 radical (unpaired) electrons. The van der Waals surface area contributed by atoms with E-state index in [1.54, 1.807) is 0 Å². The van der Waals surface area contributed by atoms with Crippen LogP contribution in [0, 0.1) is 10.1 Å². The fourth-order valence-electron chi connectivity index (χ4n) is 1.01. The number of hydrogen-bond acceptors (Lipinski definition) is 5. The predicted octanol–water partition coefficient (Wildman–Crippen LogP) is 1.97. The number of nitro groups is 1. The van der Waals surface area contributed by atoms with Gasteiger partial charge in [-0.15, -0.1) is 0 Å². The Bertz CT molecular complexity index is 422. The Kier molecular flexibility index (Phi) is 3.71. The lowest BCUT2D eigenvalue weighted by Gasteiger charge is -2.09. The smallest absolute Gasteiger partial charge is 0.405 e. The van der Waals surface area contributed by atoms with Gasteiger partial charge in [0.25, 0.3) is 0 Å². The van der Waals surface area contributed by atoms with Crippen molar-refractivity contribution in [3.05, 3.63) is 22.2 Å². The molecule has 0 spiro atoms. The van der Waals surface area contributed by atoms with E-state index in [4.69, 9.17) is 0 Å². The standard InChI is InChI=1S/C8H8F3N3O3/c1-17-6-3-2-5(14(15)16)7(13-6)12-4-8(9,10)11/h2-3H,4H2,1H3,(H,12,13). The maximum absolute atomic E-state index is 12.0. The van der Waals surface area contributed by atoms with E-state index in [1.807, 2.05) is 5.32 Å². The summed E-state index contributed by atoms with van der Waals surface area (Å²) in [6.45, 7) is -1.41. The van der Waals surface area contributed by atoms with Crippen LogP contribution in [-0.2, 0) is 0 Å². The molecule has 1 rings (SSSR count). The van der Waals surface area contributed by atoms with Gasteiger partial charge in [-0.2, -0.15) is 18.2 Å². The van der Waals surface area contributed by atoms with E-state index >= 15 is 0 Å². The Morgan fingerprint density at radius 1 is 1.53 bits per heavy atom. The molecule has 0 atom stereocenters. The first-order valence-corrected chi connectivity index (χ1v) is 4.33. The second kappa shape index (κ2) is 4.85. The van der Waals surface area contributed by atoms with Gasteiger partial charge >= 0.3 is 11.9 Å². The highest BCUT2D eigenvalue weighted by Crippen LogP contribution is 2.26. The topological polar surface area (TPSA) is 77.3 Å². The Balaban J connectivity index is 2.97. The first kappa shape index (κ1) is 13.0. The Labute approximate surface area is 93.6 Å². The van der Waals surface area contributed by atoms with Crippen molar-refractivity contribution in [2.24, 2.45) is 0 Å². The summed E-state index contributed by atoms with van der Waals surface area (Å²) < 4.78 is 40.6. The third-order valence-electron chi connectivity index (χ3n) is 1.71. The lowest BCUT2D eigenvalue weighted by atomic mass is 10.4. The molecule has 0 aromatic carbocycles. The summed E-state index contributed by atoms with van der Waals surface area (Å²) in [6, 6.07) is 2.21. The summed E-state index contributed by atoms with van der Waals surface area (Å²) in [5.41, 5.74) is -0.546. The van der Waals surface area contributed by atoms with E-state index < -0.39 is 29.1 Å². The molecule has 1 aromatic heterocycles. The van der Waals surface area contributed by atoms with Crippen LogP contribution < -0.4 is 10.1 Å². The number of methoxy groups -OCH3 is 1. The summed E-state index contributed by atoms with van der Waals surface area (Å²) in [5.74, 6) is -0.494. The van der Waals surface area contributed by atoms with E-state index in [9.17, 15) is 23.3 Å². The quantitative estimate of drug-likeness (QED) is 0.653. The molecular formula is C8H8F3N3O3. The Morgan fingerprint density at radius 2 is 2.18 bits per heavy atom. The van der Waals surface area contributed by atoms with Crippen molar-refractivity contribution >= 4 is 11.5 Å². The molecule has 6 nitrogen and oxygen atoms in total. The van der Waals surface area contributed by atoms with Crippen LogP contribution in [-0.4, -0.2) is 29.7 Å². The SMILES string of the molecule is COc1ccc([N+](=O)[O-])c(NCC(F)(F)F)n1. The molecule has 0 aliphatic heterocycles. The summed E-state index contributed by atoms with van der Waals surface area (Å²) in [4.78, 5) is 13.3. The van der Waals surface area contributed by atoms with Gasteiger partial charge in [-0.3, -0.25) is 10.1 Å². The van der Waals surface area contributed by atoms with Crippen LogP contribution in [0.1, 0.15) is 0 Å². The molecule has 0 saturated carbocycles. The average molecular weight is 251 g/mol. The molecule has 17 heavy (non-hydrogen) atoms. The molecule has 94 valence electrons. The monoisotopic (exact) mass is 251 g/mol. The second-order valence-corrected chi connectivity index (χ2v) is 2.95. The van der Waals surface area contributed by atoms with E-state index in [1.165, 1.54) is 13.2 Å². The lowest BCUT2D eigenvalue weighted by molar-refractivity contribution is -0.384. The van der Waals surface area contributed by atoms with E-state index in [-0.39, 0.29) is 5.88 Å². The lowest BCUT2D eigenvalue weighted by Crippen LogP contribution is -2.22. The molecule has 1 heterocycles. The molecule has 0 unspecified atom stereocenters. The number of rotatable bonds is 4. The minimum atomic E-state index is -4.49. The van der Waals surface area contributed by atoms with Crippen molar-refractivity contribution in [3.8, 4) is 5.88 Å². The zero-order valence-corrected chi connectivity index (χ0v) is 8.61. The highest BCUT2D eigenvalue weighted by Gasteiger charge is 2.28. The van der Waals surface area contributed by atoms with Gasteiger partial charge in [-0.1, -0.05) is 0 Å². The summed E-state index contributed by atoms with van der Waals surface area (Å²) in [5, 5.41) is 12.4. The van der Waals surface area contributed by atoms with Gasteiger partial charge in [0.1, 0.15) is 6.54 Å². The second-order valence-electron chi connectivity index (χ2n) is 2.95. The molecule has 9 heteroatoms. The number of anilines is 1. The molecule has 1 aromatic rings. The Hall–Kier alpha value is -2.06. The number of ether oxygens (including phenoxy) is 1. The first-order chi connectivity index (χ1) is 7.83. The van der Waals surface area contributed by atoms with E-state index in [2.05, 4.69) is 9.72 Å². The van der Waals surface area contributed by atoms with Crippen molar-refractivity contribution in [1.29, 1.82) is 0 Å². The number of nitrogens with one attached hydrogen (secondary N) is 1. The molecule has 0 aliphatic carbocycles. The fourth-order valence-corrected chi connectivity index (χ4v) is 1.01. The number of hydrogen-bond donors (Lipinski definition) is 1. The van der Waals surface area contributed by atoms with Gasteiger partial charge < -0.3 is 10.1 Å². The van der Waals surface area contributed by atoms with Gasteiger partial charge in [0.05, 0.1) is 12.0 Å². The normalized spacial score (nSPS) is 11.1. The molecule has 1 N–H and O–H groups in total. The van der Waals surface area contributed by atoms with Crippen LogP contribution in [0.3, 0.4) is 0 Å². The van der Waals surface area contributed by atoms with Crippen LogP contribution in [0.5, 0.6) is 5.88 Å². The van der Waals surface area contributed by atoms with Gasteiger partial charge in [0, 0.05) is 12.1 Å². The van der Waals surface area contributed by atoms with E-state index in [0.717, 1.165) is 6.07 Å². The average Bonchev–Trinajstić information content (AvgIpc) is 2.24. The van der Waals surface area contributed by atoms with Gasteiger partial charge in [-0.25, -0.2) is 0 Å². The minimum absolute atomic E-state index is 0.0136. The summed E-state index contributed by atoms with van der Waals surface area (Å²) in [7, 11) is 1.25. The highest BCUT2D eigenvalue weighted by atomic mass is 19.4. The number of nitrogens with zero attached hydrogens (tertiary/aromatic N) is 2.